The first-order chi connectivity index (χ1) is 8.85. The molecule has 0 aromatic heterocycles. The first-order valence-electron chi connectivity index (χ1n) is 7.01. The molecule has 1 aromatic carbocycles. The molecule has 0 radical (unpaired) electrons. The molecule has 0 aliphatic carbocycles. The summed E-state index contributed by atoms with van der Waals surface area (Å²) in [6.07, 6.45) is 0. The van der Waals surface area contributed by atoms with Gasteiger partial charge < -0.3 is 10.2 Å². The van der Waals surface area contributed by atoms with Crippen molar-refractivity contribution in [2.75, 3.05) is 20.1 Å². The summed E-state index contributed by atoms with van der Waals surface area (Å²) in [5, 5.41) is 3.53. The molecule has 0 saturated carbocycles. The number of rotatable bonds is 7. The molecule has 1 atom stereocenters. The van der Waals surface area contributed by atoms with Gasteiger partial charge >= 0.3 is 0 Å². The number of nitrogens with zero attached hydrogens (tertiary/aromatic N) is 1. The summed E-state index contributed by atoms with van der Waals surface area (Å²) in [6.45, 7) is 12.2. The van der Waals surface area contributed by atoms with E-state index in [0.717, 1.165) is 24.1 Å². The van der Waals surface area contributed by atoms with E-state index in [4.69, 9.17) is 0 Å². The largest absolute Gasteiger partial charge is 0.314 e. The minimum Gasteiger partial charge on any atom is -0.314 e. The van der Waals surface area contributed by atoms with Gasteiger partial charge in [-0.3, -0.25) is 0 Å². The molecule has 108 valence electrons. The van der Waals surface area contributed by atoms with Crippen molar-refractivity contribution in [3.8, 4) is 0 Å². The average molecular weight is 327 g/mol. The zero-order valence-electron chi connectivity index (χ0n) is 12.8. The van der Waals surface area contributed by atoms with Crippen molar-refractivity contribution >= 4 is 15.9 Å². The zero-order valence-corrected chi connectivity index (χ0v) is 14.4. The molecule has 0 amide bonds. The van der Waals surface area contributed by atoms with Crippen LogP contribution in [0.2, 0.25) is 0 Å². The third kappa shape index (κ3) is 5.64. The van der Waals surface area contributed by atoms with E-state index in [0.29, 0.717) is 6.04 Å². The third-order valence-electron chi connectivity index (χ3n) is 3.70. The Labute approximate surface area is 126 Å². The Hall–Kier alpha value is -0.380. The van der Waals surface area contributed by atoms with E-state index in [9.17, 15) is 0 Å². The summed E-state index contributed by atoms with van der Waals surface area (Å²) >= 11 is 3.53. The third-order valence-corrected chi connectivity index (χ3v) is 4.19. The Kier molecular flexibility index (Phi) is 6.51. The van der Waals surface area contributed by atoms with Gasteiger partial charge in [-0.1, -0.05) is 48.8 Å². The van der Waals surface area contributed by atoms with Gasteiger partial charge in [0, 0.05) is 23.6 Å². The van der Waals surface area contributed by atoms with Crippen LogP contribution in [0.3, 0.4) is 0 Å². The van der Waals surface area contributed by atoms with Crippen molar-refractivity contribution < 1.29 is 0 Å². The molecule has 19 heavy (non-hydrogen) atoms. The van der Waals surface area contributed by atoms with Crippen LogP contribution < -0.4 is 5.32 Å². The molecule has 0 aliphatic rings. The second-order valence-electron chi connectivity index (χ2n) is 6.07. The van der Waals surface area contributed by atoms with Gasteiger partial charge in [-0.05, 0) is 43.6 Å². The van der Waals surface area contributed by atoms with Crippen molar-refractivity contribution in [1.82, 2.24) is 10.2 Å². The van der Waals surface area contributed by atoms with Crippen LogP contribution in [0.4, 0.5) is 0 Å². The van der Waals surface area contributed by atoms with Crippen LogP contribution in [0.15, 0.2) is 28.7 Å². The van der Waals surface area contributed by atoms with E-state index >= 15 is 0 Å². The summed E-state index contributed by atoms with van der Waals surface area (Å²) in [6, 6.07) is 9.06. The fourth-order valence-electron chi connectivity index (χ4n) is 2.42. The standard InChI is InChI=1S/C16H27BrN2/c1-6-18-13(2)16(3,4)12-19(5)11-14-8-7-9-15(17)10-14/h7-10,13,18H,6,11-12H2,1-5H3. The Balaban J connectivity index is 2.57. The van der Waals surface area contributed by atoms with E-state index in [-0.39, 0.29) is 5.41 Å². The first kappa shape index (κ1) is 16.7. The second kappa shape index (κ2) is 7.41. The number of hydrogen-bond donors (Lipinski definition) is 1. The summed E-state index contributed by atoms with van der Waals surface area (Å²) in [4.78, 5) is 2.40. The monoisotopic (exact) mass is 326 g/mol. The first-order valence-corrected chi connectivity index (χ1v) is 7.81. The smallest absolute Gasteiger partial charge is 0.0231 e. The number of halogens is 1. The highest BCUT2D eigenvalue weighted by molar-refractivity contribution is 9.10. The van der Waals surface area contributed by atoms with E-state index in [1.165, 1.54) is 5.56 Å². The Bertz CT molecular complexity index is 390. The van der Waals surface area contributed by atoms with E-state index in [2.05, 4.69) is 85.2 Å². The van der Waals surface area contributed by atoms with Crippen LogP contribution in [-0.4, -0.2) is 31.1 Å². The maximum absolute atomic E-state index is 3.53. The molecule has 3 heteroatoms. The maximum Gasteiger partial charge on any atom is 0.0231 e. The Morgan fingerprint density at radius 3 is 2.63 bits per heavy atom. The summed E-state index contributed by atoms with van der Waals surface area (Å²) < 4.78 is 1.15. The second-order valence-corrected chi connectivity index (χ2v) is 6.99. The minimum absolute atomic E-state index is 0.261. The van der Waals surface area contributed by atoms with Gasteiger partial charge in [0.15, 0.2) is 0 Å². The van der Waals surface area contributed by atoms with Gasteiger partial charge in [0.1, 0.15) is 0 Å². The number of nitrogens with one attached hydrogen (secondary N) is 1. The van der Waals surface area contributed by atoms with Crippen molar-refractivity contribution in [2.45, 2.75) is 40.3 Å². The zero-order chi connectivity index (χ0) is 14.5. The van der Waals surface area contributed by atoms with Gasteiger partial charge in [-0.15, -0.1) is 0 Å². The lowest BCUT2D eigenvalue weighted by Crippen LogP contribution is -2.45. The van der Waals surface area contributed by atoms with Gasteiger partial charge in [-0.2, -0.15) is 0 Å². The quantitative estimate of drug-likeness (QED) is 0.817. The Morgan fingerprint density at radius 1 is 1.37 bits per heavy atom. The molecule has 0 spiro atoms. The van der Waals surface area contributed by atoms with Crippen LogP contribution in [-0.2, 0) is 6.54 Å². The molecule has 0 saturated heterocycles. The SMILES string of the molecule is CCNC(C)C(C)(C)CN(C)Cc1cccc(Br)c1. The minimum atomic E-state index is 0.261. The summed E-state index contributed by atoms with van der Waals surface area (Å²) in [5.74, 6) is 0. The molecule has 1 N–H and O–H groups in total. The van der Waals surface area contributed by atoms with Gasteiger partial charge in [0.25, 0.3) is 0 Å². The predicted molar refractivity (Wildman–Crippen MR) is 87.4 cm³/mol. The van der Waals surface area contributed by atoms with Gasteiger partial charge in [0.2, 0.25) is 0 Å². The molecule has 2 nitrogen and oxygen atoms in total. The van der Waals surface area contributed by atoms with Crippen LogP contribution in [0, 0.1) is 5.41 Å². The molecule has 1 unspecified atom stereocenters. The highest BCUT2D eigenvalue weighted by atomic mass is 79.9. The van der Waals surface area contributed by atoms with Crippen LogP contribution in [0.25, 0.3) is 0 Å². The topological polar surface area (TPSA) is 15.3 Å². The summed E-state index contributed by atoms with van der Waals surface area (Å²) in [5.41, 5.74) is 1.61. The van der Waals surface area contributed by atoms with Crippen molar-refractivity contribution in [1.29, 1.82) is 0 Å². The molecule has 1 aromatic rings. The lowest BCUT2D eigenvalue weighted by atomic mass is 9.84. The van der Waals surface area contributed by atoms with Crippen LogP contribution in [0.1, 0.15) is 33.3 Å². The molecular weight excluding hydrogens is 300 g/mol. The van der Waals surface area contributed by atoms with E-state index in [1.54, 1.807) is 0 Å². The van der Waals surface area contributed by atoms with Gasteiger partial charge in [0.05, 0.1) is 0 Å². The normalized spacial score (nSPS) is 13.8. The number of hydrogen-bond acceptors (Lipinski definition) is 2. The van der Waals surface area contributed by atoms with Crippen molar-refractivity contribution in [2.24, 2.45) is 5.41 Å². The lowest BCUT2D eigenvalue weighted by molar-refractivity contribution is 0.161. The maximum atomic E-state index is 3.53. The molecule has 0 fully saturated rings. The van der Waals surface area contributed by atoms with Crippen molar-refractivity contribution in [3.63, 3.8) is 0 Å². The molecule has 0 heterocycles. The molecular formula is C16H27BrN2. The predicted octanol–water partition coefficient (Wildman–Crippen LogP) is 3.91. The van der Waals surface area contributed by atoms with Crippen molar-refractivity contribution in [3.05, 3.63) is 34.3 Å². The highest BCUT2D eigenvalue weighted by Crippen LogP contribution is 2.22. The van der Waals surface area contributed by atoms with E-state index in [1.807, 2.05) is 0 Å². The fraction of sp³-hybridized carbons (Fsp3) is 0.625. The molecule has 0 bridgehead atoms. The molecule has 1 rings (SSSR count). The van der Waals surface area contributed by atoms with Crippen LogP contribution >= 0.6 is 15.9 Å². The fourth-order valence-corrected chi connectivity index (χ4v) is 2.86. The van der Waals surface area contributed by atoms with Gasteiger partial charge in [-0.25, -0.2) is 0 Å². The Morgan fingerprint density at radius 2 is 2.05 bits per heavy atom. The van der Waals surface area contributed by atoms with E-state index < -0.39 is 0 Å². The van der Waals surface area contributed by atoms with Crippen LogP contribution in [0.5, 0.6) is 0 Å². The lowest BCUT2D eigenvalue weighted by Gasteiger charge is -2.36. The average Bonchev–Trinajstić information content (AvgIpc) is 2.28. The molecule has 0 aliphatic heterocycles. The summed E-state index contributed by atoms with van der Waals surface area (Å²) in [7, 11) is 2.20. The highest BCUT2D eigenvalue weighted by Gasteiger charge is 2.26. The number of benzene rings is 1.